The lowest BCUT2D eigenvalue weighted by Crippen LogP contribution is -2.17. The fraction of sp³-hybridized carbons (Fsp3) is 0.111. The van der Waals surface area contributed by atoms with Gasteiger partial charge in [0, 0.05) is 33.4 Å². The quantitative estimate of drug-likeness (QED) is 0.617. The third-order valence-corrected chi connectivity index (χ3v) is 4.50. The number of benzene rings is 2. The van der Waals surface area contributed by atoms with Crippen LogP contribution < -0.4 is 5.32 Å². The van der Waals surface area contributed by atoms with Crippen LogP contribution in [0, 0.1) is 0 Å². The van der Waals surface area contributed by atoms with Crippen LogP contribution in [0.25, 0.3) is 21.8 Å². The second-order valence-electron chi connectivity index (χ2n) is 5.59. The first-order valence-corrected chi connectivity index (χ1v) is 7.07. The maximum absolute atomic E-state index is 3.63. The number of aromatic amines is 1. The minimum absolute atomic E-state index is 0.397. The molecule has 2 nitrogen and oxygen atoms in total. The van der Waals surface area contributed by atoms with Crippen molar-refractivity contribution in [2.24, 2.45) is 0 Å². The van der Waals surface area contributed by atoms with E-state index in [0.717, 1.165) is 0 Å². The van der Waals surface area contributed by atoms with Gasteiger partial charge in [-0.25, -0.2) is 0 Å². The number of H-pyrrole nitrogens is 1. The summed E-state index contributed by atoms with van der Waals surface area (Å²) in [6, 6.07) is 13.4. The van der Waals surface area contributed by atoms with Crippen LogP contribution in [0.5, 0.6) is 0 Å². The number of para-hydroxylation sites is 1. The fourth-order valence-corrected chi connectivity index (χ4v) is 3.64. The molecule has 5 rings (SSSR count). The summed E-state index contributed by atoms with van der Waals surface area (Å²) in [6.45, 7) is 0. The molecule has 2 heteroatoms. The van der Waals surface area contributed by atoms with E-state index in [1.807, 2.05) is 0 Å². The average molecular weight is 258 g/mol. The normalized spacial score (nSPS) is 23.0. The fourth-order valence-electron chi connectivity index (χ4n) is 3.64. The molecule has 0 amide bonds. The van der Waals surface area contributed by atoms with Gasteiger partial charge in [0.2, 0.25) is 0 Å². The molecule has 2 atom stereocenters. The largest absolute Gasteiger partial charge is 0.378 e. The average Bonchev–Trinajstić information content (AvgIpc) is 3.04. The Hall–Kier alpha value is -2.48. The van der Waals surface area contributed by atoms with Gasteiger partial charge >= 0.3 is 0 Å². The highest BCUT2D eigenvalue weighted by Gasteiger charge is 2.32. The molecular formula is C18H14N2. The molecule has 1 aromatic heterocycles. The zero-order valence-electron chi connectivity index (χ0n) is 10.9. The van der Waals surface area contributed by atoms with Crippen LogP contribution in [-0.4, -0.2) is 11.0 Å². The number of allylic oxidation sites excluding steroid dienone is 2. The highest BCUT2D eigenvalue weighted by atomic mass is 15.0. The Morgan fingerprint density at radius 3 is 2.75 bits per heavy atom. The minimum Gasteiger partial charge on any atom is -0.378 e. The van der Waals surface area contributed by atoms with Crippen LogP contribution in [0.1, 0.15) is 11.5 Å². The molecule has 2 heterocycles. The lowest BCUT2D eigenvalue weighted by molar-refractivity contribution is 0.810. The third kappa shape index (κ3) is 1.19. The van der Waals surface area contributed by atoms with Gasteiger partial charge in [-0.2, -0.15) is 0 Å². The number of nitrogens with one attached hydrogen (secondary N) is 2. The number of hydrogen-bond donors (Lipinski definition) is 2. The number of anilines is 1. The summed E-state index contributed by atoms with van der Waals surface area (Å²) in [5.74, 6) is 0.443. The van der Waals surface area contributed by atoms with Crippen LogP contribution in [0.3, 0.4) is 0 Å². The highest BCUT2D eigenvalue weighted by Crippen LogP contribution is 2.45. The third-order valence-electron chi connectivity index (χ3n) is 4.50. The molecule has 2 N–H and O–H groups in total. The molecule has 1 aliphatic heterocycles. The Kier molecular flexibility index (Phi) is 1.83. The number of fused-ring (bicyclic) bond motifs is 7. The van der Waals surface area contributed by atoms with Crippen molar-refractivity contribution in [2.45, 2.75) is 12.0 Å². The van der Waals surface area contributed by atoms with Crippen molar-refractivity contribution in [1.82, 2.24) is 4.98 Å². The van der Waals surface area contributed by atoms with E-state index in [2.05, 4.69) is 71.0 Å². The monoisotopic (exact) mass is 258 g/mol. The van der Waals surface area contributed by atoms with E-state index in [0.29, 0.717) is 12.0 Å². The SMILES string of the molecule is C1=CC2Nc3ccc4[nH]c5ccccc5c4c3C2C=C1. The zero-order chi connectivity index (χ0) is 13.1. The predicted octanol–water partition coefficient (Wildman–Crippen LogP) is 4.32. The molecule has 0 fully saturated rings. The van der Waals surface area contributed by atoms with Gasteiger partial charge in [-0.3, -0.25) is 0 Å². The zero-order valence-corrected chi connectivity index (χ0v) is 10.9. The maximum Gasteiger partial charge on any atom is 0.0552 e. The van der Waals surface area contributed by atoms with Crippen molar-refractivity contribution in [3.05, 3.63) is 66.3 Å². The van der Waals surface area contributed by atoms with Crippen molar-refractivity contribution in [2.75, 3.05) is 5.32 Å². The second-order valence-corrected chi connectivity index (χ2v) is 5.59. The first kappa shape index (κ1) is 10.3. The lowest BCUT2D eigenvalue weighted by atomic mass is 9.89. The number of hydrogen-bond acceptors (Lipinski definition) is 1. The van der Waals surface area contributed by atoms with Crippen molar-refractivity contribution in [3.8, 4) is 0 Å². The first-order valence-electron chi connectivity index (χ1n) is 7.07. The number of aromatic nitrogens is 1. The van der Waals surface area contributed by atoms with Gasteiger partial charge in [0.1, 0.15) is 0 Å². The van der Waals surface area contributed by atoms with Crippen molar-refractivity contribution in [3.63, 3.8) is 0 Å². The molecule has 0 saturated heterocycles. The predicted molar refractivity (Wildman–Crippen MR) is 84.2 cm³/mol. The van der Waals surface area contributed by atoms with Gasteiger partial charge in [0.15, 0.2) is 0 Å². The molecule has 20 heavy (non-hydrogen) atoms. The van der Waals surface area contributed by atoms with Crippen LogP contribution >= 0.6 is 0 Å². The van der Waals surface area contributed by atoms with E-state index in [9.17, 15) is 0 Å². The summed E-state index contributed by atoms with van der Waals surface area (Å²) >= 11 is 0. The van der Waals surface area contributed by atoms with Crippen LogP contribution in [0.2, 0.25) is 0 Å². The van der Waals surface area contributed by atoms with Crippen LogP contribution in [0.4, 0.5) is 5.69 Å². The molecule has 0 spiro atoms. The molecule has 2 unspecified atom stereocenters. The summed E-state index contributed by atoms with van der Waals surface area (Å²) in [4.78, 5) is 3.53. The maximum atomic E-state index is 3.63. The van der Waals surface area contributed by atoms with E-state index < -0.39 is 0 Å². The van der Waals surface area contributed by atoms with E-state index >= 15 is 0 Å². The molecule has 0 saturated carbocycles. The van der Waals surface area contributed by atoms with E-state index in [4.69, 9.17) is 0 Å². The van der Waals surface area contributed by atoms with Gasteiger partial charge in [-0.15, -0.1) is 0 Å². The van der Waals surface area contributed by atoms with Gasteiger partial charge in [-0.05, 0) is 23.8 Å². The van der Waals surface area contributed by atoms with Crippen LogP contribution in [0.15, 0.2) is 60.7 Å². The Morgan fingerprint density at radius 1 is 0.850 bits per heavy atom. The Labute approximate surface area is 116 Å². The summed E-state index contributed by atoms with van der Waals surface area (Å²) in [7, 11) is 0. The topological polar surface area (TPSA) is 27.8 Å². The highest BCUT2D eigenvalue weighted by molar-refractivity contribution is 6.11. The van der Waals surface area contributed by atoms with Crippen LogP contribution in [-0.2, 0) is 0 Å². The van der Waals surface area contributed by atoms with E-state index in [1.54, 1.807) is 0 Å². The molecule has 3 aromatic rings. The van der Waals surface area contributed by atoms with Gasteiger partial charge in [-0.1, -0.05) is 42.5 Å². The molecule has 2 aromatic carbocycles. The van der Waals surface area contributed by atoms with Crippen molar-refractivity contribution >= 4 is 27.5 Å². The van der Waals surface area contributed by atoms with Crippen molar-refractivity contribution < 1.29 is 0 Å². The summed E-state index contributed by atoms with van der Waals surface area (Å²) in [5.41, 5.74) is 5.16. The van der Waals surface area contributed by atoms with E-state index in [-0.39, 0.29) is 0 Å². The Bertz CT molecular complexity index is 898. The smallest absolute Gasteiger partial charge is 0.0552 e. The molecule has 96 valence electrons. The minimum atomic E-state index is 0.397. The summed E-state index contributed by atoms with van der Waals surface area (Å²) < 4.78 is 0. The number of rotatable bonds is 0. The molecule has 0 bridgehead atoms. The lowest BCUT2D eigenvalue weighted by Gasteiger charge is -2.16. The molecular weight excluding hydrogens is 244 g/mol. The van der Waals surface area contributed by atoms with Gasteiger partial charge < -0.3 is 10.3 Å². The molecule has 1 aliphatic carbocycles. The van der Waals surface area contributed by atoms with Crippen molar-refractivity contribution in [1.29, 1.82) is 0 Å². The Morgan fingerprint density at radius 2 is 1.75 bits per heavy atom. The Balaban J connectivity index is 1.93. The summed E-state index contributed by atoms with van der Waals surface area (Å²) in [6.07, 6.45) is 8.86. The molecule has 2 aliphatic rings. The second kappa shape index (κ2) is 3.54. The molecule has 0 radical (unpaired) electrons. The summed E-state index contributed by atoms with van der Waals surface area (Å²) in [5, 5.41) is 6.33. The van der Waals surface area contributed by atoms with Gasteiger partial charge in [0.25, 0.3) is 0 Å². The van der Waals surface area contributed by atoms with Gasteiger partial charge in [0.05, 0.1) is 6.04 Å². The standard InChI is InChI=1S/C18H14N2/c1-3-7-13-11(5-1)17-15(19-13)9-10-16-18(17)12-6-2-4-8-14(12)20-16/h1-11,13,19-20H. The van der Waals surface area contributed by atoms with E-state index in [1.165, 1.54) is 33.1 Å². The first-order chi connectivity index (χ1) is 9.92.